The summed E-state index contributed by atoms with van der Waals surface area (Å²) < 4.78 is 0.910. The zero-order chi connectivity index (χ0) is 19.6. The Morgan fingerprint density at radius 2 is 1.78 bits per heavy atom. The Bertz CT molecular complexity index is 1060. The van der Waals surface area contributed by atoms with E-state index >= 15 is 0 Å². The van der Waals surface area contributed by atoms with Gasteiger partial charge in [-0.05, 0) is 36.8 Å². The third kappa shape index (κ3) is 3.61. The van der Waals surface area contributed by atoms with Crippen molar-refractivity contribution in [1.82, 2.24) is 20.3 Å². The molecule has 9 nitrogen and oxygen atoms in total. The van der Waals surface area contributed by atoms with Gasteiger partial charge in [-0.1, -0.05) is 29.5 Å². The van der Waals surface area contributed by atoms with Crippen molar-refractivity contribution in [2.24, 2.45) is 0 Å². The van der Waals surface area contributed by atoms with E-state index in [1.807, 2.05) is 0 Å². The fraction of sp³-hybridized carbons (Fsp3) is 0.167. The Morgan fingerprint density at radius 1 is 1.11 bits per heavy atom. The summed E-state index contributed by atoms with van der Waals surface area (Å²) in [6.45, 7) is 1.43. The molecule has 3 N–H and O–H groups in total. The van der Waals surface area contributed by atoms with E-state index in [1.54, 1.807) is 24.3 Å². The number of carboxylic acid groups (broad SMARTS) is 1. The number of benzene rings is 2. The molecule has 138 valence electrons. The Balaban J connectivity index is 1.88. The average Bonchev–Trinajstić information content (AvgIpc) is 2.66. The molecule has 0 aliphatic carbocycles. The van der Waals surface area contributed by atoms with Gasteiger partial charge in [0.15, 0.2) is 6.04 Å². The van der Waals surface area contributed by atoms with E-state index in [0.717, 1.165) is 4.68 Å². The number of nitrogens with zero attached hydrogens (tertiary/aromatic N) is 3. The summed E-state index contributed by atoms with van der Waals surface area (Å²) in [7, 11) is 0. The van der Waals surface area contributed by atoms with E-state index in [2.05, 4.69) is 15.6 Å². The standard InChI is InChI=1S/C18H16N4O5/c1-10(22-17(25)13-4-2-3-5-14(13)20-21-22)16(24)19-15(18(26)27)11-6-8-12(23)9-7-11/h2-10,15,23H,1H3,(H,19,24)(H,26,27). The summed E-state index contributed by atoms with van der Waals surface area (Å²) in [5.41, 5.74) is 0.177. The average molecular weight is 368 g/mol. The molecule has 1 heterocycles. The van der Waals surface area contributed by atoms with Gasteiger partial charge in [0.25, 0.3) is 5.56 Å². The number of phenols is 1. The molecule has 1 aromatic heterocycles. The molecule has 0 bridgehead atoms. The van der Waals surface area contributed by atoms with Crippen molar-refractivity contribution >= 4 is 22.8 Å². The van der Waals surface area contributed by atoms with E-state index < -0.39 is 29.5 Å². The molecule has 0 saturated carbocycles. The molecule has 0 aliphatic heterocycles. The number of amides is 1. The SMILES string of the molecule is CC(C(=O)NC(C(=O)O)c1ccc(O)cc1)n1nnc2ccccc2c1=O. The molecular weight excluding hydrogens is 352 g/mol. The summed E-state index contributed by atoms with van der Waals surface area (Å²) in [5.74, 6) is -2.01. The Labute approximate surface area is 152 Å². The van der Waals surface area contributed by atoms with Crippen LogP contribution in [-0.4, -0.2) is 37.1 Å². The van der Waals surface area contributed by atoms with Crippen molar-refractivity contribution in [3.8, 4) is 5.75 Å². The van der Waals surface area contributed by atoms with Crippen LogP contribution in [0.5, 0.6) is 5.75 Å². The Kier molecular flexibility index (Phi) is 4.84. The van der Waals surface area contributed by atoms with Crippen molar-refractivity contribution < 1.29 is 19.8 Å². The summed E-state index contributed by atoms with van der Waals surface area (Å²) in [6.07, 6.45) is 0. The zero-order valence-electron chi connectivity index (χ0n) is 14.2. The van der Waals surface area contributed by atoms with Gasteiger partial charge in [0, 0.05) is 0 Å². The van der Waals surface area contributed by atoms with Crippen molar-refractivity contribution in [2.45, 2.75) is 19.0 Å². The number of hydrogen-bond acceptors (Lipinski definition) is 6. The van der Waals surface area contributed by atoms with Crippen LogP contribution in [0.15, 0.2) is 53.3 Å². The summed E-state index contributed by atoms with van der Waals surface area (Å²) in [6, 6.07) is 9.59. The Hall–Kier alpha value is -3.75. The lowest BCUT2D eigenvalue weighted by molar-refractivity contribution is -0.142. The van der Waals surface area contributed by atoms with E-state index in [-0.39, 0.29) is 11.3 Å². The lowest BCUT2D eigenvalue weighted by Crippen LogP contribution is -2.41. The second kappa shape index (κ2) is 7.24. The van der Waals surface area contributed by atoms with Gasteiger partial charge >= 0.3 is 5.97 Å². The fourth-order valence-corrected chi connectivity index (χ4v) is 2.58. The molecule has 0 radical (unpaired) electrons. The number of rotatable bonds is 5. The minimum atomic E-state index is -1.34. The summed E-state index contributed by atoms with van der Waals surface area (Å²) >= 11 is 0. The number of hydrogen-bond donors (Lipinski definition) is 3. The van der Waals surface area contributed by atoms with Crippen LogP contribution in [0, 0.1) is 0 Å². The van der Waals surface area contributed by atoms with Gasteiger partial charge in [-0.15, -0.1) is 5.10 Å². The lowest BCUT2D eigenvalue weighted by atomic mass is 10.1. The van der Waals surface area contributed by atoms with Crippen molar-refractivity contribution in [2.75, 3.05) is 0 Å². The van der Waals surface area contributed by atoms with Gasteiger partial charge < -0.3 is 15.5 Å². The molecule has 27 heavy (non-hydrogen) atoms. The fourth-order valence-electron chi connectivity index (χ4n) is 2.58. The van der Waals surface area contributed by atoms with E-state index in [0.29, 0.717) is 10.9 Å². The summed E-state index contributed by atoms with van der Waals surface area (Å²) in [4.78, 5) is 36.6. The minimum absolute atomic E-state index is 0.0272. The second-order valence-electron chi connectivity index (χ2n) is 5.90. The van der Waals surface area contributed by atoms with Crippen molar-refractivity contribution in [1.29, 1.82) is 0 Å². The summed E-state index contributed by atoms with van der Waals surface area (Å²) in [5, 5.41) is 29.1. The monoisotopic (exact) mass is 368 g/mol. The van der Waals surface area contributed by atoms with Gasteiger partial charge in [0.1, 0.15) is 17.3 Å². The van der Waals surface area contributed by atoms with Gasteiger partial charge in [-0.3, -0.25) is 9.59 Å². The first kappa shape index (κ1) is 18.1. The van der Waals surface area contributed by atoms with Gasteiger partial charge in [0.05, 0.1) is 5.39 Å². The molecule has 1 amide bonds. The second-order valence-corrected chi connectivity index (χ2v) is 5.90. The number of aliphatic carboxylic acids is 1. The van der Waals surface area contributed by atoms with E-state index in [9.17, 15) is 24.6 Å². The molecule has 0 aliphatic rings. The maximum Gasteiger partial charge on any atom is 0.330 e. The number of aromatic hydroxyl groups is 1. The molecule has 0 fully saturated rings. The van der Waals surface area contributed by atoms with Crippen molar-refractivity contribution in [3.05, 3.63) is 64.4 Å². The number of carbonyl (C=O) groups excluding carboxylic acids is 1. The van der Waals surface area contributed by atoms with E-state index in [1.165, 1.54) is 31.2 Å². The van der Waals surface area contributed by atoms with Crippen LogP contribution in [0.1, 0.15) is 24.6 Å². The van der Waals surface area contributed by atoms with Crippen LogP contribution in [0.2, 0.25) is 0 Å². The maximum absolute atomic E-state index is 12.5. The highest BCUT2D eigenvalue weighted by atomic mass is 16.4. The first-order valence-electron chi connectivity index (χ1n) is 8.05. The van der Waals surface area contributed by atoms with Crippen LogP contribution in [0.4, 0.5) is 0 Å². The highest BCUT2D eigenvalue weighted by molar-refractivity contribution is 5.86. The Morgan fingerprint density at radius 3 is 2.44 bits per heavy atom. The number of aromatic nitrogens is 3. The first-order valence-corrected chi connectivity index (χ1v) is 8.05. The molecule has 2 aromatic carbocycles. The number of nitrogens with one attached hydrogen (secondary N) is 1. The molecular formula is C18H16N4O5. The molecule has 0 saturated heterocycles. The van der Waals surface area contributed by atoms with Gasteiger partial charge in [-0.2, -0.15) is 4.68 Å². The van der Waals surface area contributed by atoms with Crippen LogP contribution in [0.3, 0.4) is 0 Å². The third-order valence-corrected chi connectivity index (χ3v) is 4.10. The highest BCUT2D eigenvalue weighted by Gasteiger charge is 2.26. The quantitative estimate of drug-likeness (QED) is 0.611. The molecule has 2 unspecified atom stereocenters. The van der Waals surface area contributed by atoms with E-state index in [4.69, 9.17) is 0 Å². The van der Waals surface area contributed by atoms with Gasteiger partial charge in [0.2, 0.25) is 5.91 Å². The number of carbonyl (C=O) groups is 2. The smallest absolute Gasteiger partial charge is 0.330 e. The van der Waals surface area contributed by atoms with Crippen molar-refractivity contribution in [3.63, 3.8) is 0 Å². The van der Waals surface area contributed by atoms with Gasteiger partial charge in [-0.25, -0.2) is 4.79 Å². The predicted molar refractivity (Wildman–Crippen MR) is 95.1 cm³/mol. The van der Waals surface area contributed by atoms with Crippen LogP contribution >= 0.6 is 0 Å². The topological polar surface area (TPSA) is 134 Å². The first-order chi connectivity index (χ1) is 12.9. The van der Waals surface area contributed by atoms with Crippen LogP contribution in [0.25, 0.3) is 10.9 Å². The zero-order valence-corrected chi connectivity index (χ0v) is 14.2. The number of phenolic OH excluding ortho intramolecular Hbond substituents is 1. The maximum atomic E-state index is 12.5. The largest absolute Gasteiger partial charge is 0.508 e. The third-order valence-electron chi connectivity index (χ3n) is 4.10. The number of carboxylic acids is 1. The molecule has 0 spiro atoms. The number of fused-ring (bicyclic) bond motifs is 1. The molecule has 2 atom stereocenters. The predicted octanol–water partition coefficient (Wildman–Crippen LogP) is 1.00. The van der Waals surface area contributed by atoms with Crippen LogP contribution in [-0.2, 0) is 9.59 Å². The minimum Gasteiger partial charge on any atom is -0.508 e. The highest BCUT2D eigenvalue weighted by Crippen LogP contribution is 2.18. The normalized spacial score (nSPS) is 13.1. The molecule has 9 heteroatoms. The molecule has 3 rings (SSSR count). The molecule has 3 aromatic rings. The van der Waals surface area contributed by atoms with Crippen LogP contribution < -0.4 is 10.9 Å². The lowest BCUT2D eigenvalue weighted by Gasteiger charge is -2.18.